The Bertz CT molecular complexity index is 1220. The molecular formula is C29H42BN3O4. The van der Waals surface area contributed by atoms with E-state index in [0.717, 1.165) is 38.8 Å². The van der Waals surface area contributed by atoms with Crippen LogP contribution >= 0.6 is 0 Å². The third-order valence-electron chi connectivity index (χ3n) is 6.71. The number of rotatable bonds is 6. The summed E-state index contributed by atoms with van der Waals surface area (Å²) in [6.07, 6.45) is 0. The normalized spacial score (nSPS) is 16.4. The molecule has 0 spiro atoms. The first-order valence-electron chi connectivity index (χ1n) is 13.1. The minimum atomic E-state index is -0.472. The summed E-state index contributed by atoms with van der Waals surface area (Å²) in [5.74, 6) is 1.17. The van der Waals surface area contributed by atoms with Crippen molar-refractivity contribution in [3.63, 3.8) is 0 Å². The van der Waals surface area contributed by atoms with E-state index < -0.39 is 18.3 Å². The zero-order valence-electron chi connectivity index (χ0n) is 24.1. The second-order valence-corrected chi connectivity index (χ2v) is 11.1. The summed E-state index contributed by atoms with van der Waals surface area (Å²) in [5, 5.41) is 10.1. The highest BCUT2D eigenvalue weighted by molar-refractivity contribution is 6.62. The van der Waals surface area contributed by atoms with Gasteiger partial charge in [0.15, 0.2) is 5.82 Å². The number of nitrogens with two attached hydrogens (primary N) is 1. The zero-order chi connectivity index (χ0) is 27.6. The Morgan fingerprint density at radius 3 is 2.16 bits per heavy atom. The molecule has 2 heterocycles. The molecule has 1 aliphatic heterocycles. The summed E-state index contributed by atoms with van der Waals surface area (Å²) in [6, 6.07) is 12.1. The number of nitrogens with zero attached hydrogens (tertiary/aromatic N) is 2. The molecule has 0 unspecified atom stereocenters. The Morgan fingerprint density at radius 1 is 0.892 bits per heavy atom. The van der Waals surface area contributed by atoms with Gasteiger partial charge in [0, 0.05) is 16.3 Å². The van der Waals surface area contributed by atoms with E-state index in [9.17, 15) is 0 Å². The molecule has 0 bridgehead atoms. The summed E-state index contributed by atoms with van der Waals surface area (Å²) in [4.78, 5) is 0. The van der Waals surface area contributed by atoms with E-state index in [0.29, 0.717) is 19.0 Å². The molecule has 7 nitrogen and oxygen atoms in total. The Morgan fingerprint density at radius 2 is 1.54 bits per heavy atom. The van der Waals surface area contributed by atoms with Gasteiger partial charge in [0.2, 0.25) is 0 Å². The molecule has 1 fully saturated rings. The highest BCUT2D eigenvalue weighted by Crippen LogP contribution is 2.38. The number of fused-ring (bicyclic) bond motifs is 1. The lowest BCUT2D eigenvalue weighted by atomic mass is 9.77. The van der Waals surface area contributed by atoms with Crippen LogP contribution in [0.5, 0.6) is 5.75 Å². The predicted molar refractivity (Wildman–Crippen MR) is 152 cm³/mol. The van der Waals surface area contributed by atoms with Crippen LogP contribution in [0.15, 0.2) is 36.4 Å². The summed E-state index contributed by atoms with van der Waals surface area (Å²) in [7, 11) is -0.472. The Balaban J connectivity index is 0.00000186. The largest absolute Gasteiger partial charge is 0.494 e. The third-order valence-corrected chi connectivity index (χ3v) is 6.71. The maximum Gasteiger partial charge on any atom is 0.494 e. The van der Waals surface area contributed by atoms with E-state index in [1.807, 2.05) is 65.8 Å². The lowest BCUT2D eigenvalue weighted by Gasteiger charge is -2.32. The van der Waals surface area contributed by atoms with E-state index >= 15 is 0 Å². The smallest absolute Gasteiger partial charge is 0.491 e. The lowest BCUT2D eigenvalue weighted by molar-refractivity contribution is -0.0162. The molecule has 2 N–H and O–H groups in total. The highest BCUT2D eigenvalue weighted by atomic mass is 16.7. The maximum atomic E-state index is 6.30. The molecule has 4 rings (SSSR count). The second kappa shape index (κ2) is 11.0. The van der Waals surface area contributed by atoms with Crippen LogP contribution < -0.4 is 15.9 Å². The molecule has 0 radical (unpaired) electrons. The Labute approximate surface area is 222 Å². The van der Waals surface area contributed by atoms with E-state index in [1.54, 1.807) is 0 Å². The fourth-order valence-corrected chi connectivity index (χ4v) is 4.00. The Kier molecular flexibility index (Phi) is 8.57. The molecule has 1 aliphatic rings. The van der Waals surface area contributed by atoms with E-state index in [2.05, 4.69) is 50.0 Å². The summed E-state index contributed by atoms with van der Waals surface area (Å²) >= 11 is 0. The van der Waals surface area contributed by atoms with Crippen LogP contribution in [0.2, 0.25) is 0 Å². The van der Waals surface area contributed by atoms with Gasteiger partial charge >= 0.3 is 7.12 Å². The summed E-state index contributed by atoms with van der Waals surface area (Å²) in [5.41, 5.74) is 8.68. The minimum Gasteiger partial charge on any atom is -0.491 e. The van der Waals surface area contributed by atoms with Gasteiger partial charge in [-0.05, 0) is 84.6 Å². The van der Waals surface area contributed by atoms with Crippen molar-refractivity contribution in [1.82, 2.24) is 10.2 Å². The number of anilines is 1. The molecule has 200 valence electrons. The van der Waals surface area contributed by atoms with Gasteiger partial charge in [0.05, 0.1) is 29.1 Å². The minimum absolute atomic E-state index is 0.219. The van der Waals surface area contributed by atoms with E-state index in [-0.39, 0.29) is 5.60 Å². The molecular weight excluding hydrogens is 465 g/mol. The van der Waals surface area contributed by atoms with E-state index in [1.165, 1.54) is 0 Å². The average Bonchev–Trinajstić information content (AvgIpc) is 3.06. The van der Waals surface area contributed by atoms with Crippen LogP contribution in [0.25, 0.3) is 21.9 Å². The standard InChI is InChI=1S/C27H36BN3O4.C2H6/c1-17-21-15-18(9-11-20(21)24(29)31-30-17)22-16-19(28-34-26(5,6)27(7,8)35-28)10-12-23(22)32-13-14-33-25(2,3)4;1-2/h9-12,15-16H,13-14H2,1-8H3,(H2,29,31);1-2H3. The summed E-state index contributed by atoms with van der Waals surface area (Å²) < 4.78 is 24.6. The first kappa shape index (κ1) is 28.9. The first-order chi connectivity index (χ1) is 17.3. The molecule has 0 saturated carbocycles. The fourth-order valence-electron chi connectivity index (χ4n) is 4.00. The molecule has 0 aliphatic carbocycles. The van der Waals surface area contributed by atoms with Crippen molar-refractivity contribution in [3.05, 3.63) is 42.1 Å². The van der Waals surface area contributed by atoms with Crippen LogP contribution in [-0.2, 0) is 14.0 Å². The lowest BCUT2D eigenvalue weighted by Crippen LogP contribution is -2.41. The monoisotopic (exact) mass is 507 g/mol. The van der Waals surface area contributed by atoms with Crippen molar-refractivity contribution in [2.75, 3.05) is 18.9 Å². The Hall–Kier alpha value is -2.68. The molecule has 8 heteroatoms. The summed E-state index contributed by atoms with van der Waals surface area (Å²) in [6.45, 7) is 21.2. The molecule has 2 aromatic carbocycles. The molecule has 3 aromatic rings. The van der Waals surface area contributed by atoms with Gasteiger partial charge in [0.1, 0.15) is 12.4 Å². The van der Waals surface area contributed by atoms with Crippen molar-refractivity contribution in [3.8, 4) is 16.9 Å². The first-order valence-corrected chi connectivity index (χ1v) is 13.1. The van der Waals surface area contributed by atoms with E-state index in [4.69, 9.17) is 24.5 Å². The number of nitrogen functional groups attached to an aromatic ring is 1. The number of hydrogen-bond acceptors (Lipinski definition) is 7. The van der Waals surface area contributed by atoms with Gasteiger partial charge in [-0.3, -0.25) is 0 Å². The van der Waals surface area contributed by atoms with Crippen molar-refractivity contribution in [1.29, 1.82) is 0 Å². The molecule has 1 aromatic heterocycles. The number of aromatic nitrogens is 2. The molecule has 0 atom stereocenters. The van der Waals surface area contributed by atoms with Crippen molar-refractivity contribution in [2.45, 2.75) is 86.0 Å². The second-order valence-electron chi connectivity index (χ2n) is 11.1. The maximum absolute atomic E-state index is 6.30. The van der Waals surface area contributed by atoms with Gasteiger partial charge in [-0.25, -0.2) is 0 Å². The van der Waals surface area contributed by atoms with Crippen LogP contribution in [-0.4, -0.2) is 47.3 Å². The zero-order valence-corrected chi connectivity index (χ0v) is 24.1. The molecule has 0 amide bonds. The van der Waals surface area contributed by atoms with Crippen molar-refractivity contribution < 1.29 is 18.8 Å². The van der Waals surface area contributed by atoms with Crippen LogP contribution in [0.4, 0.5) is 5.82 Å². The number of aryl methyl sites for hydroxylation is 1. The number of benzene rings is 2. The van der Waals surface area contributed by atoms with Gasteiger partial charge < -0.3 is 24.5 Å². The topological polar surface area (TPSA) is 88.7 Å². The SMILES string of the molecule is CC.Cc1nnc(N)c2ccc(-c3cc(B4OC(C)(C)C(C)(C)O4)ccc3OCCOC(C)(C)C)cc12. The average molecular weight is 507 g/mol. The van der Waals surface area contributed by atoms with Gasteiger partial charge in [-0.2, -0.15) is 5.10 Å². The van der Waals surface area contributed by atoms with Crippen molar-refractivity contribution >= 4 is 29.2 Å². The predicted octanol–water partition coefficient (Wildman–Crippen LogP) is 5.71. The van der Waals surface area contributed by atoms with Crippen LogP contribution in [0, 0.1) is 6.92 Å². The fraction of sp³-hybridized carbons (Fsp3) is 0.517. The van der Waals surface area contributed by atoms with Gasteiger partial charge in [-0.1, -0.05) is 32.0 Å². The van der Waals surface area contributed by atoms with Crippen LogP contribution in [0.1, 0.15) is 68.0 Å². The molecule has 37 heavy (non-hydrogen) atoms. The van der Waals surface area contributed by atoms with Gasteiger partial charge in [0.25, 0.3) is 0 Å². The highest BCUT2D eigenvalue weighted by Gasteiger charge is 2.51. The quantitative estimate of drug-likeness (QED) is 0.338. The number of ether oxygens (including phenoxy) is 2. The third kappa shape index (κ3) is 6.43. The van der Waals surface area contributed by atoms with Crippen LogP contribution in [0.3, 0.4) is 0 Å². The number of hydrogen-bond donors (Lipinski definition) is 1. The van der Waals surface area contributed by atoms with Crippen molar-refractivity contribution in [2.24, 2.45) is 0 Å². The molecule has 1 saturated heterocycles. The van der Waals surface area contributed by atoms with Gasteiger partial charge in [-0.15, -0.1) is 5.10 Å².